The highest BCUT2D eigenvalue weighted by Crippen LogP contribution is 2.20. The van der Waals surface area contributed by atoms with Gasteiger partial charge in [-0.05, 0) is 31.0 Å². The van der Waals surface area contributed by atoms with E-state index in [4.69, 9.17) is 5.73 Å². The second-order valence-electron chi connectivity index (χ2n) is 3.99. The fourth-order valence-corrected chi connectivity index (χ4v) is 1.73. The number of hydrogen-bond acceptors (Lipinski definition) is 3. The second kappa shape index (κ2) is 3.62. The van der Waals surface area contributed by atoms with Crippen LogP contribution in [-0.2, 0) is 7.05 Å². The first-order chi connectivity index (χ1) is 7.13. The largest absolute Gasteiger partial charge is 0.330 e. The molecule has 2 heterocycles. The van der Waals surface area contributed by atoms with Crippen LogP contribution in [-0.4, -0.2) is 21.3 Å². The number of rotatable bonds is 2. The lowest BCUT2D eigenvalue weighted by Gasteiger charge is -2.07. The fraction of sp³-hybridized carbons (Fsp3) is 0.455. The number of pyridine rings is 1. The summed E-state index contributed by atoms with van der Waals surface area (Å²) in [7, 11) is 1.91. The van der Waals surface area contributed by atoms with Crippen molar-refractivity contribution in [3.8, 4) is 0 Å². The van der Waals surface area contributed by atoms with Gasteiger partial charge in [0.2, 0.25) is 0 Å². The van der Waals surface area contributed by atoms with Crippen molar-refractivity contribution in [2.75, 3.05) is 6.54 Å². The molecule has 0 amide bonds. The molecule has 0 saturated carbocycles. The SMILES string of the molecule is Cc1nn(C)c2ncc(C(C)CN)cc12. The van der Waals surface area contributed by atoms with Crippen molar-refractivity contribution in [1.82, 2.24) is 14.8 Å². The maximum absolute atomic E-state index is 5.64. The van der Waals surface area contributed by atoms with Gasteiger partial charge in [0.1, 0.15) is 0 Å². The van der Waals surface area contributed by atoms with E-state index in [2.05, 4.69) is 23.1 Å². The third kappa shape index (κ3) is 1.61. The van der Waals surface area contributed by atoms with Crippen LogP contribution >= 0.6 is 0 Å². The van der Waals surface area contributed by atoms with Crippen molar-refractivity contribution in [3.05, 3.63) is 23.5 Å². The molecular formula is C11H16N4. The first-order valence-electron chi connectivity index (χ1n) is 5.12. The van der Waals surface area contributed by atoms with Crippen LogP contribution < -0.4 is 5.73 Å². The van der Waals surface area contributed by atoms with E-state index < -0.39 is 0 Å². The number of aromatic nitrogens is 3. The van der Waals surface area contributed by atoms with Crippen LogP contribution in [0.3, 0.4) is 0 Å². The molecule has 4 nitrogen and oxygen atoms in total. The molecule has 0 spiro atoms. The Morgan fingerprint density at radius 3 is 2.93 bits per heavy atom. The quantitative estimate of drug-likeness (QED) is 0.803. The zero-order valence-electron chi connectivity index (χ0n) is 9.36. The van der Waals surface area contributed by atoms with E-state index in [-0.39, 0.29) is 0 Å². The molecule has 0 aliphatic carbocycles. The van der Waals surface area contributed by atoms with Gasteiger partial charge in [-0.25, -0.2) is 4.98 Å². The van der Waals surface area contributed by atoms with Gasteiger partial charge < -0.3 is 5.73 Å². The van der Waals surface area contributed by atoms with Gasteiger partial charge in [-0.2, -0.15) is 5.10 Å². The summed E-state index contributed by atoms with van der Waals surface area (Å²) in [5.74, 6) is 0.349. The average Bonchev–Trinajstić information content (AvgIpc) is 2.53. The third-order valence-corrected chi connectivity index (χ3v) is 2.81. The lowest BCUT2D eigenvalue weighted by molar-refractivity contribution is 0.763. The Labute approximate surface area is 89.1 Å². The third-order valence-electron chi connectivity index (χ3n) is 2.81. The summed E-state index contributed by atoms with van der Waals surface area (Å²) in [4.78, 5) is 4.42. The standard InChI is InChI=1S/C11H16N4/c1-7(5-12)9-4-10-8(2)14-15(3)11(10)13-6-9/h4,6-7H,5,12H2,1-3H3. The molecule has 0 aliphatic rings. The number of fused-ring (bicyclic) bond motifs is 1. The van der Waals surface area contributed by atoms with Gasteiger partial charge in [-0.1, -0.05) is 6.92 Å². The summed E-state index contributed by atoms with van der Waals surface area (Å²) in [6.45, 7) is 4.75. The smallest absolute Gasteiger partial charge is 0.157 e. The average molecular weight is 204 g/mol. The molecule has 0 bridgehead atoms. The molecule has 1 atom stereocenters. The second-order valence-corrected chi connectivity index (χ2v) is 3.99. The zero-order chi connectivity index (χ0) is 11.0. The number of hydrogen-bond donors (Lipinski definition) is 1. The monoisotopic (exact) mass is 204 g/mol. The maximum Gasteiger partial charge on any atom is 0.157 e. The predicted molar refractivity (Wildman–Crippen MR) is 60.7 cm³/mol. The van der Waals surface area contributed by atoms with Crippen LogP contribution in [0, 0.1) is 6.92 Å². The summed E-state index contributed by atoms with van der Waals surface area (Å²) >= 11 is 0. The van der Waals surface area contributed by atoms with Crippen molar-refractivity contribution >= 4 is 11.0 Å². The maximum atomic E-state index is 5.64. The molecule has 0 aliphatic heterocycles. The van der Waals surface area contributed by atoms with E-state index in [1.807, 2.05) is 24.9 Å². The van der Waals surface area contributed by atoms with Gasteiger partial charge >= 0.3 is 0 Å². The minimum atomic E-state index is 0.349. The van der Waals surface area contributed by atoms with Gasteiger partial charge in [0.15, 0.2) is 5.65 Å². The number of nitrogens with zero attached hydrogens (tertiary/aromatic N) is 3. The van der Waals surface area contributed by atoms with Crippen LogP contribution in [0.1, 0.15) is 24.1 Å². The minimum absolute atomic E-state index is 0.349. The van der Waals surface area contributed by atoms with Crippen molar-refractivity contribution in [2.45, 2.75) is 19.8 Å². The van der Waals surface area contributed by atoms with Crippen molar-refractivity contribution in [2.24, 2.45) is 12.8 Å². The fourth-order valence-electron chi connectivity index (χ4n) is 1.73. The van der Waals surface area contributed by atoms with E-state index in [0.717, 1.165) is 16.7 Å². The molecule has 0 aromatic carbocycles. The Morgan fingerprint density at radius 1 is 1.53 bits per heavy atom. The summed E-state index contributed by atoms with van der Waals surface area (Å²) in [6.07, 6.45) is 1.89. The first kappa shape index (κ1) is 10.1. The highest BCUT2D eigenvalue weighted by atomic mass is 15.3. The minimum Gasteiger partial charge on any atom is -0.330 e. The van der Waals surface area contributed by atoms with Gasteiger partial charge in [0.25, 0.3) is 0 Å². The molecule has 4 heteroatoms. The Morgan fingerprint density at radius 2 is 2.27 bits per heavy atom. The molecule has 15 heavy (non-hydrogen) atoms. The predicted octanol–water partition coefficient (Wildman–Crippen LogP) is 1.34. The molecular weight excluding hydrogens is 188 g/mol. The Hall–Kier alpha value is -1.42. The van der Waals surface area contributed by atoms with Crippen LogP contribution in [0.2, 0.25) is 0 Å². The molecule has 2 aromatic rings. The lowest BCUT2D eigenvalue weighted by atomic mass is 10.0. The van der Waals surface area contributed by atoms with Crippen LogP contribution in [0.15, 0.2) is 12.3 Å². The van der Waals surface area contributed by atoms with E-state index in [1.165, 1.54) is 5.56 Å². The van der Waals surface area contributed by atoms with E-state index >= 15 is 0 Å². The summed E-state index contributed by atoms with van der Waals surface area (Å²) in [5.41, 5.74) is 8.77. The molecule has 2 aromatic heterocycles. The van der Waals surface area contributed by atoms with Gasteiger partial charge in [-0.3, -0.25) is 4.68 Å². The highest BCUT2D eigenvalue weighted by molar-refractivity contribution is 5.78. The number of nitrogens with two attached hydrogens (primary N) is 1. The van der Waals surface area contributed by atoms with E-state index in [9.17, 15) is 0 Å². The highest BCUT2D eigenvalue weighted by Gasteiger charge is 2.09. The Kier molecular flexibility index (Phi) is 2.44. The van der Waals surface area contributed by atoms with Crippen LogP contribution in [0.5, 0.6) is 0 Å². The van der Waals surface area contributed by atoms with Gasteiger partial charge in [0.05, 0.1) is 5.69 Å². The zero-order valence-corrected chi connectivity index (χ0v) is 9.36. The molecule has 1 unspecified atom stereocenters. The van der Waals surface area contributed by atoms with Crippen LogP contribution in [0.4, 0.5) is 0 Å². The van der Waals surface area contributed by atoms with Crippen molar-refractivity contribution in [3.63, 3.8) is 0 Å². The Bertz CT molecular complexity index is 487. The first-order valence-corrected chi connectivity index (χ1v) is 5.12. The summed E-state index contributed by atoms with van der Waals surface area (Å²) < 4.78 is 1.81. The molecule has 0 radical (unpaired) electrons. The molecule has 2 N–H and O–H groups in total. The Balaban J connectivity index is 2.60. The van der Waals surface area contributed by atoms with Crippen molar-refractivity contribution < 1.29 is 0 Å². The molecule has 80 valence electrons. The summed E-state index contributed by atoms with van der Waals surface area (Å²) in [6, 6.07) is 2.14. The van der Waals surface area contributed by atoms with E-state index in [1.54, 1.807) is 0 Å². The van der Waals surface area contributed by atoms with Crippen LogP contribution in [0.25, 0.3) is 11.0 Å². The molecule has 2 rings (SSSR count). The van der Waals surface area contributed by atoms with Gasteiger partial charge in [-0.15, -0.1) is 0 Å². The van der Waals surface area contributed by atoms with Crippen molar-refractivity contribution in [1.29, 1.82) is 0 Å². The topological polar surface area (TPSA) is 56.7 Å². The lowest BCUT2D eigenvalue weighted by Crippen LogP contribution is -2.09. The normalized spacial score (nSPS) is 13.3. The summed E-state index contributed by atoms with van der Waals surface area (Å²) in [5, 5.41) is 5.46. The molecule has 0 fully saturated rings. The van der Waals surface area contributed by atoms with Gasteiger partial charge in [0, 0.05) is 18.6 Å². The van der Waals surface area contributed by atoms with E-state index in [0.29, 0.717) is 12.5 Å². The number of aryl methyl sites for hydroxylation is 2. The molecule has 0 saturated heterocycles.